The lowest BCUT2D eigenvalue weighted by molar-refractivity contribution is -0.384. The van der Waals surface area contributed by atoms with Gasteiger partial charge in [0.05, 0.1) is 10.8 Å². The molecular weight excluding hydrogens is 406 g/mol. The molecule has 0 saturated carbocycles. The molecule has 164 valence electrons. The van der Waals surface area contributed by atoms with Crippen LogP contribution in [0.4, 0.5) is 5.69 Å². The van der Waals surface area contributed by atoms with Gasteiger partial charge in [0.15, 0.2) is 5.78 Å². The lowest BCUT2D eigenvalue weighted by atomic mass is 9.77. The van der Waals surface area contributed by atoms with Crippen molar-refractivity contribution in [2.75, 3.05) is 0 Å². The van der Waals surface area contributed by atoms with Crippen LogP contribution >= 0.6 is 0 Å². The number of carbonyl (C=O) groups is 2. The number of ketones is 1. The highest BCUT2D eigenvalue weighted by molar-refractivity contribution is 5.97. The number of carbonyl (C=O) groups excluding carboxylic acids is 1. The van der Waals surface area contributed by atoms with Crippen LogP contribution in [0.2, 0.25) is 0 Å². The average molecular weight is 431 g/mol. The van der Waals surface area contributed by atoms with Crippen molar-refractivity contribution in [2.45, 2.75) is 38.0 Å². The quantitative estimate of drug-likeness (QED) is 0.257. The van der Waals surface area contributed by atoms with E-state index in [0.717, 1.165) is 11.1 Å². The number of Topliss-reactive ketones (excluding diaryl/α,β-unsaturated/α-hetero) is 1. The van der Waals surface area contributed by atoms with Crippen LogP contribution in [0, 0.1) is 10.1 Å². The molecule has 0 bridgehead atoms. The SMILES string of the molecule is CC(C)c1ccc([C@H](CC(=O)c2ccccc2)[C@H](C(=O)O)c2ccc([N+](=O)[O-])cc2)cc1. The van der Waals surface area contributed by atoms with E-state index in [2.05, 4.69) is 13.8 Å². The fourth-order valence-corrected chi connectivity index (χ4v) is 3.85. The highest BCUT2D eigenvalue weighted by Gasteiger charge is 2.33. The number of nitro benzene ring substituents is 1. The highest BCUT2D eigenvalue weighted by Crippen LogP contribution is 2.38. The van der Waals surface area contributed by atoms with E-state index in [1.807, 2.05) is 30.3 Å². The number of carboxylic acid groups (broad SMARTS) is 1. The molecule has 0 aromatic heterocycles. The van der Waals surface area contributed by atoms with Crippen molar-refractivity contribution in [3.05, 3.63) is 111 Å². The fourth-order valence-electron chi connectivity index (χ4n) is 3.85. The number of nitrogens with zero attached hydrogens (tertiary/aromatic N) is 1. The molecule has 0 aliphatic heterocycles. The number of non-ortho nitro benzene ring substituents is 1. The third-order valence-corrected chi connectivity index (χ3v) is 5.66. The molecule has 0 aliphatic carbocycles. The number of carboxylic acids is 1. The Labute approximate surface area is 186 Å². The smallest absolute Gasteiger partial charge is 0.311 e. The summed E-state index contributed by atoms with van der Waals surface area (Å²) in [5.41, 5.74) is 2.68. The predicted molar refractivity (Wildman–Crippen MR) is 122 cm³/mol. The van der Waals surface area contributed by atoms with Gasteiger partial charge in [0, 0.05) is 30.0 Å². The van der Waals surface area contributed by atoms with Gasteiger partial charge in [-0.15, -0.1) is 0 Å². The molecular formula is C26H25NO5. The van der Waals surface area contributed by atoms with Crippen LogP contribution in [-0.2, 0) is 4.79 Å². The maximum absolute atomic E-state index is 13.0. The van der Waals surface area contributed by atoms with Crippen molar-refractivity contribution in [1.82, 2.24) is 0 Å². The molecule has 0 unspecified atom stereocenters. The number of rotatable bonds is 9. The standard InChI is InChI=1S/C26H25NO5/c1-17(2)18-8-10-19(11-9-18)23(16-24(28)20-6-4-3-5-7-20)25(26(29)30)21-12-14-22(15-13-21)27(31)32/h3-15,17,23,25H,16H2,1-2H3,(H,29,30)/t23-,25+/m0/s1. The van der Waals surface area contributed by atoms with Gasteiger partial charge in [-0.3, -0.25) is 19.7 Å². The van der Waals surface area contributed by atoms with Gasteiger partial charge in [0.2, 0.25) is 0 Å². The van der Waals surface area contributed by atoms with Crippen molar-refractivity contribution in [1.29, 1.82) is 0 Å². The Kier molecular flexibility index (Phi) is 7.15. The van der Waals surface area contributed by atoms with Crippen molar-refractivity contribution < 1.29 is 19.6 Å². The normalized spacial score (nSPS) is 12.8. The monoisotopic (exact) mass is 431 g/mol. The minimum Gasteiger partial charge on any atom is -0.481 e. The van der Waals surface area contributed by atoms with Gasteiger partial charge < -0.3 is 5.11 Å². The molecule has 0 fully saturated rings. The van der Waals surface area contributed by atoms with Crippen LogP contribution in [0.5, 0.6) is 0 Å². The molecule has 6 heteroatoms. The van der Waals surface area contributed by atoms with Gasteiger partial charge in [-0.25, -0.2) is 0 Å². The molecule has 0 saturated heterocycles. The number of aliphatic carboxylic acids is 1. The van der Waals surface area contributed by atoms with Crippen molar-refractivity contribution in [3.8, 4) is 0 Å². The molecule has 0 spiro atoms. The Morgan fingerprint density at radius 3 is 1.88 bits per heavy atom. The van der Waals surface area contributed by atoms with Gasteiger partial charge in [-0.05, 0) is 22.6 Å². The zero-order valence-electron chi connectivity index (χ0n) is 18.0. The number of hydrogen-bond acceptors (Lipinski definition) is 4. The first kappa shape index (κ1) is 22.9. The van der Waals surface area contributed by atoms with E-state index in [-0.39, 0.29) is 17.9 Å². The maximum Gasteiger partial charge on any atom is 0.311 e. The van der Waals surface area contributed by atoms with E-state index in [4.69, 9.17) is 0 Å². The molecule has 0 amide bonds. The Bertz CT molecular complexity index is 1090. The van der Waals surface area contributed by atoms with E-state index in [9.17, 15) is 24.8 Å². The lowest BCUT2D eigenvalue weighted by Gasteiger charge is -2.25. The first-order chi connectivity index (χ1) is 15.3. The Morgan fingerprint density at radius 1 is 0.844 bits per heavy atom. The van der Waals surface area contributed by atoms with Crippen LogP contribution in [0.15, 0.2) is 78.9 Å². The van der Waals surface area contributed by atoms with Crippen molar-refractivity contribution in [2.24, 2.45) is 0 Å². The van der Waals surface area contributed by atoms with Crippen molar-refractivity contribution in [3.63, 3.8) is 0 Å². The predicted octanol–water partition coefficient (Wildman–Crippen LogP) is 5.94. The molecule has 0 radical (unpaired) electrons. The Hall–Kier alpha value is -3.80. The van der Waals surface area contributed by atoms with Crippen LogP contribution < -0.4 is 0 Å². The second kappa shape index (κ2) is 10.0. The van der Waals surface area contributed by atoms with Crippen LogP contribution in [0.3, 0.4) is 0 Å². The summed E-state index contributed by atoms with van der Waals surface area (Å²) in [6, 6.07) is 21.9. The summed E-state index contributed by atoms with van der Waals surface area (Å²) in [7, 11) is 0. The summed E-state index contributed by atoms with van der Waals surface area (Å²) in [6.07, 6.45) is -0.000999. The third kappa shape index (κ3) is 5.27. The fraction of sp³-hybridized carbons (Fsp3) is 0.231. The van der Waals surface area contributed by atoms with E-state index < -0.39 is 22.7 Å². The minimum atomic E-state index is -1.09. The average Bonchev–Trinajstić information content (AvgIpc) is 2.79. The summed E-state index contributed by atoms with van der Waals surface area (Å²) >= 11 is 0. The second-order valence-electron chi connectivity index (χ2n) is 8.09. The van der Waals surface area contributed by atoms with E-state index in [1.165, 1.54) is 24.3 Å². The van der Waals surface area contributed by atoms with Gasteiger partial charge in [-0.1, -0.05) is 80.6 Å². The molecule has 3 aromatic carbocycles. The zero-order valence-corrected chi connectivity index (χ0v) is 18.0. The van der Waals surface area contributed by atoms with Crippen molar-refractivity contribution >= 4 is 17.4 Å². The molecule has 0 aliphatic rings. The molecule has 32 heavy (non-hydrogen) atoms. The van der Waals surface area contributed by atoms with Gasteiger partial charge in [0.1, 0.15) is 0 Å². The van der Waals surface area contributed by atoms with E-state index >= 15 is 0 Å². The third-order valence-electron chi connectivity index (χ3n) is 5.66. The molecule has 0 heterocycles. The summed E-state index contributed by atoms with van der Waals surface area (Å²) < 4.78 is 0. The number of hydrogen-bond donors (Lipinski definition) is 1. The van der Waals surface area contributed by atoms with Gasteiger partial charge >= 0.3 is 5.97 Å². The highest BCUT2D eigenvalue weighted by atomic mass is 16.6. The topological polar surface area (TPSA) is 97.5 Å². The maximum atomic E-state index is 13.0. The van der Waals surface area contributed by atoms with Crippen LogP contribution in [0.25, 0.3) is 0 Å². The number of benzene rings is 3. The minimum absolute atomic E-state index is 0.000999. The molecule has 3 aromatic rings. The Morgan fingerprint density at radius 2 is 1.38 bits per heavy atom. The molecule has 6 nitrogen and oxygen atoms in total. The van der Waals surface area contributed by atoms with Gasteiger partial charge in [-0.2, -0.15) is 0 Å². The Balaban J connectivity index is 2.04. The van der Waals surface area contributed by atoms with Crippen LogP contribution in [0.1, 0.15) is 65.1 Å². The summed E-state index contributed by atoms with van der Waals surface area (Å²) in [4.78, 5) is 35.9. The first-order valence-corrected chi connectivity index (χ1v) is 10.4. The summed E-state index contributed by atoms with van der Waals surface area (Å²) in [5.74, 6) is -2.59. The largest absolute Gasteiger partial charge is 0.481 e. The van der Waals surface area contributed by atoms with E-state index in [0.29, 0.717) is 17.0 Å². The summed E-state index contributed by atoms with van der Waals surface area (Å²) in [6.45, 7) is 4.14. The molecule has 2 atom stereocenters. The second-order valence-corrected chi connectivity index (χ2v) is 8.09. The lowest BCUT2D eigenvalue weighted by Crippen LogP contribution is -2.23. The molecule has 1 N–H and O–H groups in total. The molecule has 3 rings (SSSR count). The van der Waals surface area contributed by atoms with Gasteiger partial charge in [0.25, 0.3) is 5.69 Å². The summed E-state index contributed by atoms with van der Waals surface area (Å²) in [5, 5.41) is 21.1. The zero-order chi connectivity index (χ0) is 23.3. The van der Waals surface area contributed by atoms with Crippen LogP contribution in [-0.4, -0.2) is 21.8 Å². The number of nitro groups is 1. The van der Waals surface area contributed by atoms with E-state index in [1.54, 1.807) is 24.3 Å². The first-order valence-electron chi connectivity index (χ1n) is 10.4.